The molecule has 2 aromatic carbocycles. The zero-order valence-corrected chi connectivity index (χ0v) is 14.6. The average molecular weight is 446 g/mol. The van der Waals surface area contributed by atoms with Crippen molar-refractivity contribution < 1.29 is 44.7 Å². The molecule has 1 atom stereocenters. The Bertz CT molecular complexity index is 989. The van der Waals surface area contributed by atoms with Crippen LogP contribution in [0.4, 0.5) is 40.8 Å². The minimum absolute atomic E-state index is 0.455. The van der Waals surface area contributed by atoms with Crippen LogP contribution < -0.4 is 10.1 Å². The first-order valence-corrected chi connectivity index (χ1v) is 8.02. The molecule has 1 heterocycles. The molecular weight excluding hydrogens is 438 g/mol. The first-order valence-electron chi connectivity index (χ1n) is 7.64. The number of alkyl halides is 7. The number of nitrogens with one attached hydrogen (secondary N) is 1. The van der Waals surface area contributed by atoms with E-state index < -0.39 is 69.5 Å². The molecule has 3 nitrogen and oxygen atoms in total. The predicted molar refractivity (Wildman–Crippen MR) is 84.9 cm³/mol. The summed E-state index contributed by atoms with van der Waals surface area (Å²) in [5.41, 5.74) is -6.85. The maximum absolute atomic E-state index is 15.7. The van der Waals surface area contributed by atoms with E-state index in [0.29, 0.717) is 30.3 Å². The Morgan fingerprint density at radius 3 is 2.28 bits per heavy atom. The van der Waals surface area contributed by atoms with Gasteiger partial charge in [0.25, 0.3) is 5.91 Å². The molecule has 1 aliphatic heterocycles. The van der Waals surface area contributed by atoms with Crippen molar-refractivity contribution in [3.63, 3.8) is 0 Å². The number of halogens is 9. The molecule has 0 radical (unpaired) electrons. The molecular formula is C17H8ClF8NO2. The molecule has 1 amide bonds. The van der Waals surface area contributed by atoms with Crippen LogP contribution in [-0.2, 0) is 16.6 Å². The van der Waals surface area contributed by atoms with Gasteiger partial charge in [0.2, 0.25) is 5.67 Å². The van der Waals surface area contributed by atoms with Crippen LogP contribution in [0, 0.1) is 5.82 Å². The van der Waals surface area contributed by atoms with Crippen molar-refractivity contribution >= 4 is 23.2 Å². The number of amides is 1. The van der Waals surface area contributed by atoms with Gasteiger partial charge in [0.1, 0.15) is 0 Å². The number of benzene rings is 2. The second-order valence-corrected chi connectivity index (χ2v) is 6.48. The molecule has 156 valence electrons. The summed E-state index contributed by atoms with van der Waals surface area (Å²) in [4.78, 5) is 12.2. The molecule has 29 heavy (non-hydrogen) atoms. The smallest absolute Gasteiger partial charge is 0.422 e. The minimum atomic E-state index is -4.84. The number of hydrogen-bond donors (Lipinski definition) is 1. The summed E-state index contributed by atoms with van der Waals surface area (Å²) in [7, 11) is 0. The molecule has 0 fully saturated rings. The summed E-state index contributed by atoms with van der Waals surface area (Å²) in [6, 6.07) is 2.86. The topological polar surface area (TPSA) is 38.3 Å². The lowest BCUT2D eigenvalue weighted by atomic mass is 9.88. The third-order valence-electron chi connectivity index (χ3n) is 4.05. The normalized spacial score (nSPS) is 19.1. The van der Waals surface area contributed by atoms with Gasteiger partial charge in [0.15, 0.2) is 18.2 Å². The van der Waals surface area contributed by atoms with Gasteiger partial charge in [-0.1, -0.05) is 17.7 Å². The lowest BCUT2D eigenvalue weighted by Gasteiger charge is -2.21. The van der Waals surface area contributed by atoms with Gasteiger partial charge in [-0.3, -0.25) is 4.79 Å². The Kier molecular flexibility index (Phi) is 4.93. The fourth-order valence-corrected chi connectivity index (χ4v) is 3.01. The van der Waals surface area contributed by atoms with Gasteiger partial charge in [-0.2, -0.15) is 26.3 Å². The summed E-state index contributed by atoms with van der Waals surface area (Å²) < 4.78 is 110. The summed E-state index contributed by atoms with van der Waals surface area (Å²) >= 11 is 5.70. The van der Waals surface area contributed by atoms with E-state index in [1.54, 1.807) is 0 Å². The quantitative estimate of drug-likeness (QED) is 0.624. The molecule has 1 unspecified atom stereocenters. The number of hydrogen-bond acceptors (Lipinski definition) is 2. The van der Waals surface area contributed by atoms with Gasteiger partial charge in [-0.25, -0.2) is 8.78 Å². The van der Waals surface area contributed by atoms with E-state index in [1.165, 1.54) is 0 Å². The minimum Gasteiger partial charge on any atom is -0.481 e. The highest BCUT2D eigenvalue weighted by Crippen LogP contribution is 2.48. The Labute approximate surface area is 162 Å². The van der Waals surface area contributed by atoms with E-state index >= 15 is 4.39 Å². The zero-order valence-electron chi connectivity index (χ0n) is 13.8. The highest BCUT2D eigenvalue weighted by molar-refractivity contribution is 6.30. The summed E-state index contributed by atoms with van der Waals surface area (Å²) in [6.45, 7) is -1.92. The number of anilines is 1. The molecule has 0 saturated carbocycles. The van der Waals surface area contributed by atoms with E-state index in [4.69, 9.17) is 11.6 Å². The average Bonchev–Trinajstić information content (AvgIpc) is 2.85. The van der Waals surface area contributed by atoms with Gasteiger partial charge in [0.05, 0.1) is 5.56 Å². The lowest BCUT2D eigenvalue weighted by molar-refractivity contribution is -0.154. The third-order valence-corrected chi connectivity index (χ3v) is 4.26. The van der Waals surface area contributed by atoms with E-state index in [0.717, 1.165) is 0 Å². The molecule has 12 heteroatoms. The number of rotatable bonds is 3. The fourth-order valence-electron chi connectivity index (χ4n) is 2.80. The molecule has 1 N–H and O–H groups in total. The van der Waals surface area contributed by atoms with E-state index in [9.17, 15) is 35.5 Å². The molecule has 0 bridgehead atoms. The Morgan fingerprint density at radius 1 is 1.03 bits per heavy atom. The van der Waals surface area contributed by atoms with Crippen molar-refractivity contribution in [1.29, 1.82) is 0 Å². The zero-order chi connectivity index (χ0) is 21.8. The Balaban J connectivity index is 2.12. The van der Waals surface area contributed by atoms with Gasteiger partial charge in [-0.05, 0) is 18.2 Å². The highest BCUT2D eigenvalue weighted by Gasteiger charge is 2.52. The second-order valence-electron chi connectivity index (χ2n) is 6.04. The summed E-state index contributed by atoms with van der Waals surface area (Å²) in [6.07, 6.45) is -9.63. The number of ether oxygens (including phenoxy) is 1. The van der Waals surface area contributed by atoms with Crippen molar-refractivity contribution in [2.75, 3.05) is 11.9 Å². The van der Waals surface area contributed by atoms with Crippen LogP contribution in [0.5, 0.6) is 5.75 Å². The van der Waals surface area contributed by atoms with Crippen LogP contribution in [0.2, 0.25) is 5.02 Å². The second kappa shape index (κ2) is 6.75. The Morgan fingerprint density at radius 2 is 1.69 bits per heavy atom. The number of carbonyl (C=O) groups excluding carboxylic acids is 1. The van der Waals surface area contributed by atoms with Crippen LogP contribution in [0.3, 0.4) is 0 Å². The van der Waals surface area contributed by atoms with Crippen molar-refractivity contribution in [2.24, 2.45) is 0 Å². The van der Waals surface area contributed by atoms with Gasteiger partial charge >= 0.3 is 12.4 Å². The maximum atomic E-state index is 15.7. The number of carbonyl (C=O) groups is 1. The molecule has 0 aliphatic carbocycles. The van der Waals surface area contributed by atoms with Gasteiger partial charge in [0, 0.05) is 27.9 Å². The van der Waals surface area contributed by atoms with Crippen LogP contribution in [-0.4, -0.2) is 18.7 Å². The molecule has 3 rings (SSSR count). The SMILES string of the molecule is O=C1Nc2cc(C(F)(F)F)ccc2C1(F)c1cc(Cl)cc(OCC(F)(F)F)c1F. The highest BCUT2D eigenvalue weighted by atomic mass is 35.5. The monoisotopic (exact) mass is 445 g/mol. The first kappa shape index (κ1) is 21.2. The van der Waals surface area contributed by atoms with Crippen LogP contribution in [0.25, 0.3) is 0 Å². The molecule has 0 spiro atoms. The fraction of sp³-hybridized carbons (Fsp3) is 0.235. The van der Waals surface area contributed by atoms with Crippen LogP contribution in [0.15, 0.2) is 30.3 Å². The van der Waals surface area contributed by atoms with E-state index in [2.05, 4.69) is 4.74 Å². The van der Waals surface area contributed by atoms with Crippen molar-refractivity contribution in [2.45, 2.75) is 18.0 Å². The van der Waals surface area contributed by atoms with Crippen molar-refractivity contribution in [3.05, 3.63) is 57.9 Å². The van der Waals surface area contributed by atoms with Gasteiger partial charge < -0.3 is 10.1 Å². The maximum Gasteiger partial charge on any atom is 0.422 e. The van der Waals surface area contributed by atoms with E-state index in [1.807, 2.05) is 5.32 Å². The standard InChI is InChI=1S/C17H8ClF8NO2/c18-8-4-10(13(19)12(5-8)29-6-15(20,21)22)16(23)9-2-1-7(17(24,25)26)3-11(9)27-14(16)28/h1-5H,6H2,(H,27,28). The summed E-state index contributed by atoms with van der Waals surface area (Å²) in [5.74, 6) is -4.26. The van der Waals surface area contributed by atoms with Crippen LogP contribution in [0.1, 0.15) is 16.7 Å². The summed E-state index contributed by atoms with van der Waals surface area (Å²) in [5, 5.41) is 1.42. The Hall–Kier alpha value is -2.56. The first-order chi connectivity index (χ1) is 13.2. The molecule has 1 aliphatic rings. The van der Waals surface area contributed by atoms with Crippen molar-refractivity contribution in [1.82, 2.24) is 0 Å². The number of fused-ring (bicyclic) bond motifs is 1. The van der Waals surface area contributed by atoms with Gasteiger partial charge in [-0.15, -0.1) is 0 Å². The largest absolute Gasteiger partial charge is 0.481 e. The van der Waals surface area contributed by atoms with E-state index in [-0.39, 0.29) is 0 Å². The predicted octanol–water partition coefficient (Wildman–Crippen LogP) is 5.60. The lowest BCUT2D eigenvalue weighted by Crippen LogP contribution is -2.32. The third kappa shape index (κ3) is 3.83. The molecule has 0 saturated heterocycles. The van der Waals surface area contributed by atoms with Crippen LogP contribution >= 0.6 is 11.6 Å². The molecule has 2 aromatic rings. The molecule has 0 aromatic heterocycles. The van der Waals surface area contributed by atoms with Crippen molar-refractivity contribution in [3.8, 4) is 5.75 Å².